The number of rotatable bonds is 17. The van der Waals surface area contributed by atoms with Crippen LogP contribution in [0.5, 0.6) is 0 Å². The van der Waals surface area contributed by atoms with E-state index in [1.54, 1.807) is 12.2 Å². The van der Waals surface area contributed by atoms with Gasteiger partial charge in [0.25, 0.3) is 0 Å². The molecule has 2 atom stereocenters. The number of amides is 2. The van der Waals surface area contributed by atoms with E-state index in [0.29, 0.717) is 0 Å². The second-order valence-corrected chi connectivity index (χ2v) is 9.17. The zero-order chi connectivity index (χ0) is 24.4. The fourth-order valence-electron chi connectivity index (χ4n) is 4.22. The summed E-state index contributed by atoms with van der Waals surface area (Å²) in [5, 5.41) is 10.5. The molecule has 0 bridgehead atoms. The number of benzene rings is 1. The molecule has 2 rings (SSSR count). The Balaban J connectivity index is 1.62. The number of ether oxygens (including phenoxy) is 1. The van der Waals surface area contributed by atoms with Crippen LogP contribution in [0.4, 0.5) is 4.79 Å². The number of unbranched alkanes of at least 4 members (excludes halogenated alkanes) is 11. The summed E-state index contributed by atoms with van der Waals surface area (Å²) in [5.41, 5.74) is 0.987. The fourth-order valence-corrected chi connectivity index (χ4v) is 4.22. The zero-order valence-corrected chi connectivity index (χ0v) is 20.9. The molecule has 5 heteroatoms. The van der Waals surface area contributed by atoms with Gasteiger partial charge >= 0.3 is 6.09 Å². The SMILES string of the molecule is CCCCCCCCCCCCC/C=C/[C@@H](O)[C@@H]1COC(=O)N1C(=O)C/C=C/c1ccccc1. The van der Waals surface area contributed by atoms with Gasteiger partial charge in [-0.2, -0.15) is 0 Å². The van der Waals surface area contributed by atoms with Crippen LogP contribution in [-0.4, -0.2) is 40.8 Å². The lowest BCUT2D eigenvalue weighted by Crippen LogP contribution is -2.44. The Kier molecular flexibility index (Phi) is 14.0. The van der Waals surface area contributed by atoms with Crippen LogP contribution in [0.25, 0.3) is 6.08 Å². The van der Waals surface area contributed by atoms with E-state index < -0.39 is 18.2 Å². The van der Waals surface area contributed by atoms with Crippen LogP contribution in [0.1, 0.15) is 96.0 Å². The van der Waals surface area contributed by atoms with E-state index in [2.05, 4.69) is 6.92 Å². The normalized spacial score (nSPS) is 17.1. The molecule has 0 unspecified atom stereocenters. The molecule has 34 heavy (non-hydrogen) atoms. The number of nitrogens with zero attached hydrogens (tertiary/aromatic N) is 1. The van der Waals surface area contributed by atoms with Gasteiger partial charge in [0, 0.05) is 6.42 Å². The Labute approximate surface area is 205 Å². The first-order chi connectivity index (χ1) is 16.6. The number of aliphatic hydroxyl groups is 1. The van der Waals surface area contributed by atoms with Crippen LogP contribution >= 0.6 is 0 Å². The first-order valence-corrected chi connectivity index (χ1v) is 13.2. The van der Waals surface area contributed by atoms with E-state index in [1.165, 1.54) is 64.2 Å². The highest BCUT2D eigenvalue weighted by Gasteiger charge is 2.40. The van der Waals surface area contributed by atoms with Crippen molar-refractivity contribution >= 4 is 18.1 Å². The highest BCUT2D eigenvalue weighted by atomic mass is 16.6. The first-order valence-electron chi connectivity index (χ1n) is 13.2. The molecular formula is C29H43NO4. The molecule has 0 aromatic heterocycles. The van der Waals surface area contributed by atoms with Crippen LogP contribution in [-0.2, 0) is 9.53 Å². The lowest BCUT2D eigenvalue weighted by molar-refractivity contribution is -0.129. The van der Waals surface area contributed by atoms with Gasteiger partial charge in [0.15, 0.2) is 0 Å². The monoisotopic (exact) mass is 469 g/mol. The minimum absolute atomic E-state index is 0.0247. The van der Waals surface area contributed by atoms with Crippen LogP contribution in [0.15, 0.2) is 48.6 Å². The summed E-state index contributed by atoms with van der Waals surface area (Å²) in [7, 11) is 0. The number of cyclic esters (lactones) is 1. The average molecular weight is 470 g/mol. The number of hydrogen-bond donors (Lipinski definition) is 1. The van der Waals surface area contributed by atoms with Crippen LogP contribution in [0.2, 0.25) is 0 Å². The average Bonchev–Trinajstić information content (AvgIpc) is 3.24. The Bertz CT molecular complexity index is 759. The summed E-state index contributed by atoms with van der Waals surface area (Å²) in [6.45, 7) is 2.28. The number of hydrogen-bond acceptors (Lipinski definition) is 4. The second-order valence-electron chi connectivity index (χ2n) is 9.17. The van der Waals surface area contributed by atoms with Crippen molar-refractivity contribution in [3.63, 3.8) is 0 Å². The van der Waals surface area contributed by atoms with Crippen LogP contribution in [0.3, 0.4) is 0 Å². The van der Waals surface area contributed by atoms with Crippen molar-refractivity contribution in [3.05, 3.63) is 54.1 Å². The molecule has 1 N–H and O–H groups in total. The molecular weight excluding hydrogens is 426 g/mol. The maximum absolute atomic E-state index is 12.6. The molecule has 2 amide bonds. The fraction of sp³-hybridized carbons (Fsp3) is 0.586. The maximum Gasteiger partial charge on any atom is 0.417 e. The van der Waals surface area contributed by atoms with Crippen molar-refractivity contribution in [1.29, 1.82) is 0 Å². The largest absolute Gasteiger partial charge is 0.447 e. The molecule has 5 nitrogen and oxygen atoms in total. The number of carbonyl (C=O) groups excluding carboxylic acids is 2. The van der Waals surface area contributed by atoms with Crippen molar-refractivity contribution in [2.45, 2.75) is 103 Å². The second kappa shape index (κ2) is 17.1. The van der Waals surface area contributed by atoms with E-state index >= 15 is 0 Å². The number of imide groups is 1. The molecule has 188 valence electrons. The Morgan fingerprint density at radius 1 is 1.00 bits per heavy atom. The Morgan fingerprint density at radius 3 is 2.26 bits per heavy atom. The smallest absolute Gasteiger partial charge is 0.417 e. The van der Waals surface area contributed by atoms with Gasteiger partial charge in [-0.3, -0.25) is 4.79 Å². The summed E-state index contributed by atoms with van der Waals surface area (Å²) in [6, 6.07) is 9.00. The third kappa shape index (κ3) is 10.7. The van der Waals surface area contributed by atoms with Crippen molar-refractivity contribution < 1.29 is 19.4 Å². The van der Waals surface area contributed by atoms with E-state index in [9.17, 15) is 14.7 Å². The summed E-state index contributed by atoms with van der Waals surface area (Å²) in [4.78, 5) is 25.7. The van der Waals surface area contributed by atoms with Crippen LogP contribution in [0, 0.1) is 0 Å². The third-order valence-corrected chi connectivity index (χ3v) is 6.28. The van der Waals surface area contributed by atoms with Gasteiger partial charge in [0.1, 0.15) is 12.6 Å². The molecule has 1 saturated heterocycles. The van der Waals surface area contributed by atoms with Gasteiger partial charge < -0.3 is 9.84 Å². The lowest BCUT2D eigenvalue weighted by atomic mass is 10.0. The van der Waals surface area contributed by atoms with Crippen LogP contribution < -0.4 is 0 Å². The number of aliphatic hydroxyl groups excluding tert-OH is 1. The van der Waals surface area contributed by atoms with E-state index in [1.807, 2.05) is 42.5 Å². The minimum Gasteiger partial charge on any atom is -0.447 e. The quantitative estimate of drug-likeness (QED) is 0.196. The molecule has 1 aliphatic rings. The first kappa shape index (κ1) is 27.8. The summed E-state index contributed by atoms with van der Waals surface area (Å²) < 4.78 is 5.05. The molecule has 0 aliphatic carbocycles. The number of allylic oxidation sites excluding steroid dienone is 1. The van der Waals surface area contributed by atoms with E-state index in [-0.39, 0.29) is 18.9 Å². The lowest BCUT2D eigenvalue weighted by Gasteiger charge is -2.21. The molecule has 0 spiro atoms. The van der Waals surface area contributed by atoms with Gasteiger partial charge in [-0.25, -0.2) is 9.69 Å². The zero-order valence-electron chi connectivity index (χ0n) is 20.9. The van der Waals surface area contributed by atoms with E-state index in [4.69, 9.17) is 4.74 Å². The molecule has 1 heterocycles. The predicted molar refractivity (Wildman–Crippen MR) is 138 cm³/mol. The van der Waals surface area contributed by atoms with Gasteiger partial charge in [0.05, 0.1) is 6.10 Å². The molecule has 0 radical (unpaired) electrons. The standard InChI is InChI=1S/C29H43NO4/c1-2-3-4-5-6-7-8-9-10-11-12-13-17-22-27(31)26-24-34-29(33)30(26)28(32)23-18-21-25-19-15-14-16-20-25/h14-22,26-27,31H,2-13,23-24H2,1H3/b21-18+,22-17+/t26-,27+/m0/s1. The molecule has 1 aromatic carbocycles. The van der Waals surface area contributed by atoms with Gasteiger partial charge in [-0.05, 0) is 18.4 Å². The third-order valence-electron chi connectivity index (χ3n) is 6.28. The minimum atomic E-state index is -0.916. The molecule has 1 fully saturated rings. The molecule has 1 aromatic rings. The van der Waals surface area contributed by atoms with Crippen molar-refractivity contribution in [2.75, 3.05) is 6.61 Å². The topological polar surface area (TPSA) is 66.8 Å². The number of carbonyl (C=O) groups is 2. The van der Waals surface area contributed by atoms with E-state index in [0.717, 1.165) is 23.3 Å². The highest BCUT2D eigenvalue weighted by Crippen LogP contribution is 2.19. The summed E-state index contributed by atoms with van der Waals surface area (Å²) >= 11 is 0. The Morgan fingerprint density at radius 2 is 1.62 bits per heavy atom. The summed E-state index contributed by atoms with van der Waals surface area (Å²) in [6.07, 6.45) is 21.0. The Hall–Kier alpha value is -2.40. The highest BCUT2D eigenvalue weighted by molar-refractivity contribution is 5.94. The molecule has 0 saturated carbocycles. The van der Waals surface area contributed by atoms with Gasteiger partial charge in [-0.15, -0.1) is 0 Å². The molecule has 1 aliphatic heterocycles. The maximum atomic E-state index is 12.6. The van der Waals surface area contributed by atoms with Gasteiger partial charge in [-0.1, -0.05) is 126 Å². The predicted octanol–water partition coefficient (Wildman–Crippen LogP) is 7.06. The van der Waals surface area contributed by atoms with Crippen molar-refractivity contribution in [1.82, 2.24) is 4.90 Å². The van der Waals surface area contributed by atoms with Crippen molar-refractivity contribution in [3.8, 4) is 0 Å². The van der Waals surface area contributed by atoms with Gasteiger partial charge in [0.2, 0.25) is 5.91 Å². The summed E-state index contributed by atoms with van der Waals surface area (Å²) in [5.74, 6) is -0.363. The van der Waals surface area contributed by atoms with Crippen molar-refractivity contribution in [2.24, 2.45) is 0 Å².